The van der Waals surface area contributed by atoms with Crippen LogP contribution in [0.25, 0.3) is 0 Å². The Morgan fingerprint density at radius 3 is 2.75 bits per heavy atom. The van der Waals surface area contributed by atoms with Crippen LogP contribution in [-0.4, -0.2) is 24.2 Å². The molecule has 2 nitrogen and oxygen atoms in total. The number of amides is 1. The van der Waals surface area contributed by atoms with Gasteiger partial charge in [-0.15, -0.1) is 0 Å². The maximum atomic E-state index is 11.7. The van der Waals surface area contributed by atoms with Crippen LogP contribution < -0.4 is 0 Å². The number of hydrogen-bond acceptors (Lipinski definition) is 1. The minimum absolute atomic E-state index is 0.0486. The van der Waals surface area contributed by atoms with Gasteiger partial charge in [0.1, 0.15) is 0 Å². The van der Waals surface area contributed by atoms with Crippen LogP contribution in [-0.2, 0) is 4.79 Å². The Labute approximate surface area is 47.3 Å². The van der Waals surface area contributed by atoms with Crippen LogP contribution >= 0.6 is 0 Å². The van der Waals surface area contributed by atoms with E-state index in [1.807, 2.05) is 0 Å². The number of nitrogens with zero attached hydrogens (tertiary/aromatic N) is 1. The Morgan fingerprint density at radius 2 is 2.50 bits per heavy atom. The van der Waals surface area contributed by atoms with Crippen molar-refractivity contribution in [3.8, 4) is 0 Å². The number of rotatable bonds is 1. The van der Waals surface area contributed by atoms with E-state index in [4.69, 9.17) is 0 Å². The van der Waals surface area contributed by atoms with Gasteiger partial charge >= 0.3 is 0 Å². The summed E-state index contributed by atoms with van der Waals surface area (Å²) in [6.07, 6.45) is 1.35. The van der Waals surface area contributed by atoms with Crippen LogP contribution in [0.2, 0.25) is 0 Å². The van der Waals surface area contributed by atoms with E-state index in [9.17, 15) is 9.18 Å². The fourth-order valence-corrected chi connectivity index (χ4v) is 0.830. The minimum Gasteiger partial charge on any atom is -0.315 e. The van der Waals surface area contributed by atoms with Crippen molar-refractivity contribution in [3.63, 3.8) is 0 Å². The quantitative estimate of drug-likeness (QED) is 0.459. The first kappa shape index (κ1) is 5.54. The molecule has 1 saturated heterocycles. The van der Waals surface area contributed by atoms with Gasteiger partial charge in [-0.1, -0.05) is 0 Å². The van der Waals surface area contributed by atoms with Gasteiger partial charge in [0.05, 0.1) is 0 Å². The number of alkyl halides is 1. The fraction of sp³-hybridized carbons (Fsp3) is 0.800. The van der Waals surface area contributed by atoms with Crippen molar-refractivity contribution in [3.05, 3.63) is 0 Å². The molecular weight excluding hydrogens is 109 g/mol. The first-order valence-corrected chi connectivity index (χ1v) is 2.68. The molecule has 1 amide bonds. The molecule has 0 atom stereocenters. The van der Waals surface area contributed by atoms with Crippen molar-refractivity contribution >= 4 is 5.91 Å². The lowest BCUT2D eigenvalue weighted by atomic mass is 10.4. The largest absolute Gasteiger partial charge is 0.315 e. The second kappa shape index (κ2) is 2.11. The monoisotopic (exact) mass is 117 g/mol. The molecule has 0 aromatic heterocycles. The molecule has 0 saturated carbocycles. The van der Waals surface area contributed by atoms with Crippen LogP contribution in [0.3, 0.4) is 0 Å². The molecule has 0 spiro atoms. The number of halogens is 1. The lowest BCUT2D eigenvalue weighted by molar-refractivity contribution is -0.129. The summed E-state index contributed by atoms with van der Waals surface area (Å²) in [7, 11) is 0. The predicted molar refractivity (Wildman–Crippen MR) is 26.9 cm³/mol. The maximum Gasteiger partial charge on any atom is 0.224 e. The lowest BCUT2D eigenvalue weighted by Crippen LogP contribution is -2.22. The van der Waals surface area contributed by atoms with Crippen LogP contribution in [0.1, 0.15) is 12.8 Å². The average Bonchev–Trinajstić information content (AvgIpc) is 2.14. The molecule has 46 valence electrons. The molecule has 8 heavy (non-hydrogen) atoms. The van der Waals surface area contributed by atoms with Crippen molar-refractivity contribution in [1.82, 2.24) is 4.90 Å². The summed E-state index contributed by atoms with van der Waals surface area (Å²) in [5, 5.41) is 0. The molecule has 1 aliphatic heterocycles. The van der Waals surface area contributed by atoms with Crippen LogP contribution in [0.5, 0.6) is 0 Å². The van der Waals surface area contributed by atoms with Gasteiger partial charge in [-0.2, -0.15) is 0 Å². The standard InChI is InChI=1S/C5H8FNO/c6-4-7-3-1-2-5(7)8/h1-4H2. The van der Waals surface area contributed by atoms with Gasteiger partial charge < -0.3 is 4.90 Å². The van der Waals surface area contributed by atoms with Crippen LogP contribution in [0.4, 0.5) is 4.39 Å². The third kappa shape index (κ3) is 0.804. The Bertz CT molecular complexity index is 105. The van der Waals surface area contributed by atoms with Crippen LogP contribution in [0, 0.1) is 0 Å². The molecule has 0 bridgehead atoms. The highest BCUT2D eigenvalue weighted by Crippen LogP contribution is 2.07. The second-order valence-corrected chi connectivity index (χ2v) is 1.88. The number of hydrogen-bond donors (Lipinski definition) is 0. The van der Waals surface area contributed by atoms with Crippen LogP contribution in [0.15, 0.2) is 0 Å². The Morgan fingerprint density at radius 1 is 1.75 bits per heavy atom. The summed E-state index contributed by atoms with van der Waals surface area (Å²) in [6, 6.07) is 0. The van der Waals surface area contributed by atoms with Gasteiger partial charge in [0, 0.05) is 13.0 Å². The number of carbonyl (C=O) groups excluding carboxylic acids is 1. The van der Waals surface area contributed by atoms with Gasteiger partial charge in [0.15, 0.2) is 6.80 Å². The molecular formula is C5H8FNO. The predicted octanol–water partition coefficient (Wildman–Crippen LogP) is 0.536. The van der Waals surface area contributed by atoms with E-state index in [2.05, 4.69) is 0 Å². The van der Waals surface area contributed by atoms with Crippen molar-refractivity contribution < 1.29 is 9.18 Å². The molecule has 0 N–H and O–H groups in total. The lowest BCUT2D eigenvalue weighted by Gasteiger charge is -2.07. The highest BCUT2D eigenvalue weighted by Gasteiger charge is 2.18. The van der Waals surface area contributed by atoms with Crippen molar-refractivity contribution in [1.29, 1.82) is 0 Å². The van der Waals surface area contributed by atoms with Gasteiger partial charge in [-0.25, -0.2) is 4.39 Å². The van der Waals surface area contributed by atoms with Crippen molar-refractivity contribution in [2.75, 3.05) is 13.3 Å². The molecule has 1 fully saturated rings. The summed E-state index contributed by atoms with van der Waals surface area (Å²) in [4.78, 5) is 11.7. The molecule has 3 heteroatoms. The first-order valence-electron chi connectivity index (χ1n) is 2.68. The van der Waals surface area contributed by atoms with Gasteiger partial charge in [-0.3, -0.25) is 4.79 Å². The van der Waals surface area contributed by atoms with E-state index in [1.165, 1.54) is 4.90 Å². The molecule has 0 aromatic carbocycles. The Kier molecular flexibility index (Phi) is 1.46. The zero-order chi connectivity index (χ0) is 5.98. The summed E-state index contributed by atoms with van der Waals surface area (Å²) in [6.45, 7) is -0.00579. The first-order chi connectivity index (χ1) is 3.84. The van der Waals surface area contributed by atoms with E-state index in [0.717, 1.165) is 6.42 Å². The van der Waals surface area contributed by atoms with E-state index in [-0.39, 0.29) is 5.91 Å². The van der Waals surface area contributed by atoms with Crippen molar-refractivity contribution in [2.24, 2.45) is 0 Å². The van der Waals surface area contributed by atoms with E-state index < -0.39 is 6.80 Å². The van der Waals surface area contributed by atoms with Gasteiger partial charge in [0.25, 0.3) is 0 Å². The van der Waals surface area contributed by atoms with E-state index >= 15 is 0 Å². The maximum absolute atomic E-state index is 11.7. The van der Waals surface area contributed by atoms with Crippen molar-refractivity contribution in [2.45, 2.75) is 12.8 Å². The normalized spacial score (nSPS) is 20.1. The molecule has 0 unspecified atom stereocenters. The molecule has 0 aliphatic carbocycles. The number of likely N-dealkylation sites (tertiary alicyclic amines) is 1. The summed E-state index contributed by atoms with van der Waals surface area (Å²) in [5.41, 5.74) is 0. The summed E-state index contributed by atoms with van der Waals surface area (Å²) < 4.78 is 11.7. The zero-order valence-electron chi connectivity index (χ0n) is 4.56. The minimum atomic E-state index is -0.612. The van der Waals surface area contributed by atoms with Gasteiger partial charge in [-0.05, 0) is 6.42 Å². The number of carbonyl (C=O) groups is 1. The highest BCUT2D eigenvalue weighted by atomic mass is 19.1. The molecule has 0 aromatic rings. The molecule has 0 radical (unpaired) electrons. The Balaban J connectivity index is 2.42. The van der Waals surface area contributed by atoms with E-state index in [1.54, 1.807) is 0 Å². The zero-order valence-corrected chi connectivity index (χ0v) is 4.56. The second-order valence-electron chi connectivity index (χ2n) is 1.88. The SMILES string of the molecule is O=C1CCCN1CF. The third-order valence-electron chi connectivity index (χ3n) is 1.32. The highest BCUT2D eigenvalue weighted by molar-refractivity contribution is 5.77. The molecule has 1 aliphatic rings. The van der Waals surface area contributed by atoms with Gasteiger partial charge in [0.2, 0.25) is 5.91 Å². The molecule has 1 heterocycles. The topological polar surface area (TPSA) is 20.3 Å². The molecule has 1 rings (SSSR count). The average molecular weight is 117 g/mol. The third-order valence-corrected chi connectivity index (χ3v) is 1.32. The smallest absolute Gasteiger partial charge is 0.224 e. The van der Waals surface area contributed by atoms with E-state index in [0.29, 0.717) is 13.0 Å². The Hall–Kier alpha value is -0.600. The fourth-order valence-electron chi connectivity index (χ4n) is 0.830. The summed E-state index contributed by atoms with van der Waals surface area (Å²) >= 11 is 0. The summed E-state index contributed by atoms with van der Waals surface area (Å²) in [5.74, 6) is -0.0486.